The van der Waals surface area contributed by atoms with E-state index in [2.05, 4.69) is 30.8 Å². The smallest absolute Gasteiger partial charge is 0.226 e. The second-order valence-electron chi connectivity index (χ2n) is 5.77. The maximum atomic E-state index is 5.54. The number of rotatable bonds is 8. The third-order valence-electron chi connectivity index (χ3n) is 3.84. The quantitative estimate of drug-likeness (QED) is 0.223. The van der Waals surface area contributed by atoms with E-state index in [1.807, 2.05) is 34.9 Å². The fourth-order valence-electron chi connectivity index (χ4n) is 2.46. The molecule has 8 nitrogen and oxygen atoms in total. The van der Waals surface area contributed by atoms with Crippen LogP contribution in [-0.2, 0) is 13.1 Å². The van der Waals surface area contributed by atoms with Crippen molar-refractivity contribution in [2.75, 3.05) is 13.6 Å². The van der Waals surface area contributed by atoms with Crippen LogP contribution in [0.1, 0.15) is 18.5 Å². The first-order chi connectivity index (χ1) is 12.8. The van der Waals surface area contributed by atoms with E-state index in [1.54, 1.807) is 26.0 Å². The standard InChI is InChI=1S/C18H23N7O.HI/c1-19-18(20-9-5-6-10-25-13-22-23-14-25)21-11-16-12-26-17(24-16)15-7-3-2-4-8-15;/h2-4,7-8,12-14H,5-6,9-11H2,1H3,(H2,19,20,21);1H. The molecule has 0 aliphatic rings. The number of benzene rings is 1. The maximum Gasteiger partial charge on any atom is 0.226 e. The van der Waals surface area contributed by atoms with Crippen LogP contribution in [0.5, 0.6) is 0 Å². The third-order valence-corrected chi connectivity index (χ3v) is 3.84. The molecule has 0 bridgehead atoms. The van der Waals surface area contributed by atoms with E-state index in [0.29, 0.717) is 12.4 Å². The van der Waals surface area contributed by atoms with Crippen LogP contribution in [0.2, 0.25) is 0 Å². The molecule has 0 amide bonds. The van der Waals surface area contributed by atoms with Crippen molar-refractivity contribution in [2.24, 2.45) is 4.99 Å². The fourth-order valence-corrected chi connectivity index (χ4v) is 2.46. The topological polar surface area (TPSA) is 93.2 Å². The van der Waals surface area contributed by atoms with Crippen LogP contribution in [0.25, 0.3) is 11.5 Å². The Labute approximate surface area is 175 Å². The highest BCUT2D eigenvalue weighted by molar-refractivity contribution is 14.0. The van der Waals surface area contributed by atoms with Crippen molar-refractivity contribution in [1.82, 2.24) is 30.4 Å². The molecule has 3 aromatic rings. The zero-order valence-electron chi connectivity index (χ0n) is 15.2. The van der Waals surface area contributed by atoms with Gasteiger partial charge in [-0.05, 0) is 25.0 Å². The van der Waals surface area contributed by atoms with Crippen molar-refractivity contribution in [2.45, 2.75) is 25.9 Å². The second kappa shape index (κ2) is 11.3. The number of oxazole rings is 1. The third kappa shape index (κ3) is 6.66. The van der Waals surface area contributed by atoms with E-state index < -0.39 is 0 Å². The zero-order chi connectivity index (χ0) is 18.0. The number of guanidine groups is 1. The molecule has 9 heteroatoms. The maximum absolute atomic E-state index is 5.54. The Morgan fingerprint density at radius 3 is 2.63 bits per heavy atom. The van der Waals surface area contributed by atoms with Crippen molar-refractivity contribution in [3.63, 3.8) is 0 Å². The molecule has 1 aromatic carbocycles. The summed E-state index contributed by atoms with van der Waals surface area (Å²) >= 11 is 0. The largest absolute Gasteiger partial charge is 0.444 e. The van der Waals surface area contributed by atoms with E-state index in [9.17, 15) is 0 Å². The number of nitrogens with one attached hydrogen (secondary N) is 2. The van der Waals surface area contributed by atoms with Gasteiger partial charge in [0, 0.05) is 25.7 Å². The number of aliphatic imine (C=N–C) groups is 1. The summed E-state index contributed by atoms with van der Waals surface area (Å²) in [7, 11) is 1.75. The Kier molecular flexibility index (Phi) is 8.75. The lowest BCUT2D eigenvalue weighted by Gasteiger charge is -2.10. The lowest BCUT2D eigenvalue weighted by atomic mass is 10.2. The Morgan fingerprint density at radius 2 is 1.89 bits per heavy atom. The molecule has 0 aliphatic heterocycles. The van der Waals surface area contributed by atoms with Crippen LogP contribution < -0.4 is 10.6 Å². The highest BCUT2D eigenvalue weighted by Gasteiger charge is 2.06. The minimum absolute atomic E-state index is 0. The van der Waals surface area contributed by atoms with Gasteiger partial charge in [0.15, 0.2) is 5.96 Å². The van der Waals surface area contributed by atoms with E-state index in [1.165, 1.54) is 0 Å². The molecule has 2 heterocycles. The highest BCUT2D eigenvalue weighted by Crippen LogP contribution is 2.17. The van der Waals surface area contributed by atoms with Gasteiger partial charge in [0.1, 0.15) is 18.9 Å². The monoisotopic (exact) mass is 481 g/mol. The normalized spacial score (nSPS) is 11.1. The van der Waals surface area contributed by atoms with Gasteiger partial charge in [0.2, 0.25) is 5.89 Å². The van der Waals surface area contributed by atoms with E-state index >= 15 is 0 Å². The predicted octanol–water partition coefficient (Wildman–Crippen LogP) is 2.70. The number of hydrogen-bond donors (Lipinski definition) is 2. The van der Waals surface area contributed by atoms with Crippen molar-refractivity contribution in [1.29, 1.82) is 0 Å². The highest BCUT2D eigenvalue weighted by atomic mass is 127. The van der Waals surface area contributed by atoms with Gasteiger partial charge in [-0.1, -0.05) is 18.2 Å². The molecule has 0 saturated heterocycles. The van der Waals surface area contributed by atoms with Crippen LogP contribution >= 0.6 is 24.0 Å². The molecule has 0 saturated carbocycles. The molecule has 0 fully saturated rings. The molecular weight excluding hydrogens is 457 g/mol. The average molecular weight is 481 g/mol. The van der Waals surface area contributed by atoms with Crippen LogP contribution in [0.15, 0.2) is 58.7 Å². The van der Waals surface area contributed by atoms with Crippen LogP contribution in [0, 0.1) is 0 Å². The summed E-state index contributed by atoms with van der Waals surface area (Å²) in [5.74, 6) is 1.37. The van der Waals surface area contributed by atoms with Crippen molar-refractivity contribution >= 4 is 29.9 Å². The van der Waals surface area contributed by atoms with Crippen molar-refractivity contribution in [3.8, 4) is 11.5 Å². The van der Waals surface area contributed by atoms with Gasteiger partial charge in [-0.3, -0.25) is 4.99 Å². The van der Waals surface area contributed by atoms with E-state index in [4.69, 9.17) is 4.42 Å². The van der Waals surface area contributed by atoms with Gasteiger partial charge in [0.05, 0.1) is 12.2 Å². The first-order valence-corrected chi connectivity index (χ1v) is 8.62. The number of halogens is 1. The fraction of sp³-hybridized carbons (Fsp3) is 0.333. The zero-order valence-corrected chi connectivity index (χ0v) is 17.5. The molecule has 144 valence electrons. The van der Waals surface area contributed by atoms with Gasteiger partial charge in [-0.25, -0.2) is 4.98 Å². The Bertz CT molecular complexity index is 802. The summed E-state index contributed by atoms with van der Waals surface area (Å²) in [6.07, 6.45) is 7.21. The molecule has 0 unspecified atom stereocenters. The van der Waals surface area contributed by atoms with Gasteiger partial charge in [-0.15, -0.1) is 34.2 Å². The number of nitrogens with zero attached hydrogens (tertiary/aromatic N) is 5. The SMILES string of the molecule is CN=C(NCCCCn1cnnc1)NCc1coc(-c2ccccc2)n1.I. The molecule has 0 aliphatic carbocycles. The molecule has 27 heavy (non-hydrogen) atoms. The van der Waals surface area contributed by atoms with Crippen molar-refractivity contribution in [3.05, 3.63) is 54.9 Å². The van der Waals surface area contributed by atoms with Gasteiger partial charge < -0.3 is 19.6 Å². The molecule has 2 N–H and O–H groups in total. The molecule has 2 aromatic heterocycles. The van der Waals surface area contributed by atoms with Crippen molar-refractivity contribution < 1.29 is 4.42 Å². The molecule has 3 rings (SSSR count). The van der Waals surface area contributed by atoms with Gasteiger partial charge >= 0.3 is 0 Å². The molecule has 0 radical (unpaired) electrons. The Morgan fingerprint density at radius 1 is 1.11 bits per heavy atom. The van der Waals surface area contributed by atoms with Gasteiger partial charge in [-0.2, -0.15) is 0 Å². The number of unbranched alkanes of at least 4 members (excludes halogenated alkanes) is 1. The van der Waals surface area contributed by atoms with Gasteiger partial charge in [0.25, 0.3) is 0 Å². The first-order valence-electron chi connectivity index (χ1n) is 8.62. The Hall–Kier alpha value is -2.43. The lowest BCUT2D eigenvalue weighted by molar-refractivity contribution is 0.572. The molecule has 0 spiro atoms. The number of hydrogen-bond acceptors (Lipinski definition) is 5. The minimum atomic E-state index is 0. The van der Waals surface area contributed by atoms with Crippen LogP contribution in [0.3, 0.4) is 0 Å². The summed E-state index contributed by atoms with van der Waals surface area (Å²) in [5, 5.41) is 14.1. The number of aromatic nitrogens is 4. The Balaban J connectivity index is 0.00000261. The molecule has 0 atom stereocenters. The molecular formula is C18H24IN7O. The van der Waals surface area contributed by atoms with E-state index in [-0.39, 0.29) is 24.0 Å². The summed E-state index contributed by atoms with van der Waals surface area (Å²) in [6, 6.07) is 9.85. The van der Waals surface area contributed by atoms with Crippen LogP contribution in [0.4, 0.5) is 0 Å². The minimum Gasteiger partial charge on any atom is -0.444 e. The van der Waals surface area contributed by atoms with E-state index in [0.717, 1.165) is 43.1 Å². The predicted molar refractivity (Wildman–Crippen MR) is 115 cm³/mol. The summed E-state index contributed by atoms with van der Waals surface area (Å²) < 4.78 is 7.52. The summed E-state index contributed by atoms with van der Waals surface area (Å²) in [6.45, 7) is 2.31. The summed E-state index contributed by atoms with van der Waals surface area (Å²) in [4.78, 5) is 8.72. The second-order valence-corrected chi connectivity index (χ2v) is 5.77. The average Bonchev–Trinajstić information content (AvgIpc) is 3.36. The lowest BCUT2D eigenvalue weighted by Crippen LogP contribution is -2.37. The first kappa shape index (κ1) is 20.9. The summed E-state index contributed by atoms with van der Waals surface area (Å²) in [5.41, 5.74) is 1.80. The van der Waals surface area contributed by atoms with Crippen LogP contribution in [-0.4, -0.2) is 39.3 Å². The number of aryl methyl sites for hydroxylation is 1.